The number of nitrogens with zero attached hydrogens (tertiary/aromatic N) is 2. The topological polar surface area (TPSA) is 21.3 Å². The lowest BCUT2D eigenvalue weighted by Crippen LogP contribution is -2.13. The average Bonchev–Trinajstić information content (AvgIpc) is 3.81. The number of rotatable bonds is 7. The van der Waals surface area contributed by atoms with Gasteiger partial charge < -0.3 is 13.9 Å². The second kappa shape index (κ2) is 13.2. The fraction of sp³-hybridized carbons (Fsp3) is 0.0189. The molecule has 264 valence electrons. The molecule has 56 heavy (non-hydrogen) atoms. The Morgan fingerprint density at radius 2 is 1.05 bits per heavy atom. The Hall–Kier alpha value is -7.36. The molecule has 3 nitrogen and oxygen atoms in total. The molecular weight excluding hydrogens is 681 g/mol. The molecular formula is C53H36N2O. The minimum Gasteiger partial charge on any atom is -0.454 e. The summed E-state index contributed by atoms with van der Waals surface area (Å²) in [6, 6.07) is 74.1. The first-order valence-corrected chi connectivity index (χ1v) is 19.2. The van der Waals surface area contributed by atoms with Gasteiger partial charge in [-0.2, -0.15) is 0 Å². The maximum absolute atomic E-state index is 7.05. The molecule has 0 fully saturated rings. The van der Waals surface area contributed by atoms with Crippen LogP contribution in [0.2, 0.25) is 0 Å². The first-order chi connectivity index (χ1) is 27.8. The third kappa shape index (κ3) is 5.28. The van der Waals surface area contributed by atoms with Crippen molar-refractivity contribution in [2.24, 2.45) is 0 Å². The summed E-state index contributed by atoms with van der Waals surface area (Å²) in [6.07, 6.45) is 0. The maximum Gasteiger partial charge on any atom is 0.159 e. The van der Waals surface area contributed by atoms with Gasteiger partial charge in [0, 0.05) is 39.3 Å². The summed E-state index contributed by atoms with van der Waals surface area (Å²) in [6.45, 7) is 0.735. The predicted octanol–water partition coefficient (Wildman–Crippen LogP) is 14.7. The Morgan fingerprint density at radius 3 is 1.82 bits per heavy atom. The van der Waals surface area contributed by atoms with Crippen molar-refractivity contribution in [2.75, 3.05) is 4.90 Å². The number of hydrogen-bond donors (Lipinski definition) is 0. The van der Waals surface area contributed by atoms with E-state index in [9.17, 15) is 0 Å². The predicted molar refractivity (Wildman–Crippen MR) is 235 cm³/mol. The third-order valence-corrected chi connectivity index (χ3v) is 11.2. The van der Waals surface area contributed by atoms with Gasteiger partial charge in [0.15, 0.2) is 5.58 Å². The van der Waals surface area contributed by atoms with Gasteiger partial charge in [-0.1, -0.05) is 164 Å². The fourth-order valence-corrected chi connectivity index (χ4v) is 8.64. The summed E-state index contributed by atoms with van der Waals surface area (Å²) in [5.41, 5.74) is 13.1. The number of aromatic nitrogens is 1. The first-order valence-electron chi connectivity index (χ1n) is 19.2. The van der Waals surface area contributed by atoms with Crippen LogP contribution in [0.4, 0.5) is 17.1 Å². The van der Waals surface area contributed by atoms with Gasteiger partial charge in [0.05, 0.1) is 16.9 Å². The van der Waals surface area contributed by atoms with Crippen LogP contribution in [0.25, 0.3) is 76.8 Å². The van der Waals surface area contributed by atoms with E-state index in [2.05, 4.69) is 216 Å². The van der Waals surface area contributed by atoms with Gasteiger partial charge in [-0.05, 0) is 81.1 Å². The largest absolute Gasteiger partial charge is 0.454 e. The van der Waals surface area contributed by atoms with Gasteiger partial charge in [-0.15, -0.1) is 0 Å². The Labute approximate surface area is 324 Å². The molecule has 2 heterocycles. The normalized spacial score (nSPS) is 11.6. The highest BCUT2D eigenvalue weighted by Gasteiger charge is 2.26. The van der Waals surface area contributed by atoms with E-state index in [1.807, 2.05) is 0 Å². The zero-order valence-corrected chi connectivity index (χ0v) is 30.6. The van der Waals surface area contributed by atoms with Gasteiger partial charge in [0.2, 0.25) is 0 Å². The SMILES string of the molecule is c1ccc(Cn2c3ccccc3c3cccc(N(c4ccc(-c5ccccc5)cc4)c4cc(-c5ccccc5)cc5c4oc4ccc6ccccc6c45)c32)cc1. The minimum atomic E-state index is 0.735. The van der Waals surface area contributed by atoms with E-state index in [0.29, 0.717) is 0 Å². The van der Waals surface area contributed by atoms with Gasteiger partial charge in [0.25, 0.3) is 0 Å². The molecule has 0 spiro atoms. The Morgan fingerprint density at radius 1 is 0.429 bits per heavy atom. The van der Waals surface area contributed by atoms with Crippen molar-refractivity contribution < 1.29 is 4.42 Å². The number of anilines is 3. The van der Waals surface area contributed by atoms with E-state index in [4.69, 9.17) is 4.42 Å². The summed E-state index contributed by atoms with van der Waals surface area (Å²) in [5.74, 6) is 0. The number of para-hydroxylation sites is 2. The van der Waals surface area contributed by atoms with E-state index in [0.717, 1.165) is 56.7 Å². The van der Waals surface area contributed by atoms with Crippen LogP contribution < -0.4 is 4.90 Å². The van der Waals surface area contributed by atoms with Crippen LogP contribution in [0.15, 0.2) is 211 Å². The summed E-state index contributed by atoms with van der Waals surface area (Å²) >= 11 is 0. The molecule has 0 bridgehead atoms. The molecule has 0 aliphatic rings. The van der Waals surface area contributed by atoms with Crippen molar-refractivity contribution in [1.29, 1.82) is 0 Å². The molecule has 0 saturated carbocycles. The second-order valence-corrected chi connectivity index (χ2v) is 14.5. The smallest absolute Gasteiger partial charge is 0.159 e. The van der Waals surface area contributed by atoms with Crippen LogP contribution in [-0.2, 0) is 6.54 Å². The van der Waals surface area contributed by atoms with Crippen molar-refractivity contribution in [3.8, 4) is 22.3 Å². The van der Waals surface area contributed by atoms with Crippen LogP contribution in [0.1, 0.15) is 5.56 Å². The molecule has 0 N–H and O–H groups in total. The summed E-state index contributed by atoms with van der Waals surface area (Å²) in [7, 11) is 0. The average molecular weight is 717 g/mol. The first kappa shape index (κ1) is 32.1. The monoisotopic (exact) mass is 716 g/mol. The molecule has 0 saturated heterocycles. The molecule has 0 unspecified atom stereocenters. The number of furan rings is 1. The molecule has 0 aliphatic carbocycles. The Bertz CT molecular complexity index is 3200. The zero-order chi connectivity index (χ0) is 37.0. The van der Waals surface area contributed by atoms with Crippen LogP contribution in [-0.4, -0.2) is 4.57 Å². The van der Waals surface area contributed by atoms with Crippen molar-refractivity contribution in [3.63, 3.8) is 0 Å². The molecule has 0 aliphatic heterocycles. The Balaban J connectivity index is 1.25. The molecule has 0 radical (unpaired) electrons. The van der Waals surface area contributed by atoms with Crippen molar-refractivity contribution >= 4 is 71.6 Å². The quantitative estimate of drug-likeness (QED) is 0.164. The highest BCUT2D eigenvalue weighted by molar-refractivity contribution is 6.22. The highest BCUT2D eigenvalue weighted by atomic mass is 16.3. The summed E-state index contributed by atoms with van der Waals surface area (Å²) < 4.78 is 9.54. The van der Waals surface area contributed by atoms with E-state index in [1.54, 1.807) is 0 Å². The third-order valence-electron chi connectivity index (χ3n) is 11.2. The fourth-order valence-electron chi connectivity index (χ4n) is 8.64. The van der Waals surface area contributed by atoms with Crippen LogP contribution in [0.5, 0.6) is 0 Å². The van der Waals surface area contributed by atoms with E-state index < -0.39 is 0 Å². The summed E-state index contributed by atoms with van der Waals surface area (Å²) in [4.78, 5) is 2.43. The number of benzene rings is 9. The molecule has 3 heteroatoms. The van der Waals surface area contributed by atoms with Crippen molar-refractivity contribution in [3.05, 3.63) is 212 Å². The highest BCUT2D eigenvalue weighted by Crippen LogP contribution is 2.48. The van der Waals surface area contributed by atoms with Gasteiger partial charge in [-0.3, -0.25) is 0 Å². The minimum absolute atomic E-state index is 0.735. The summed E-state index contributed by atoms with van der Waals surface area (Å²) in [5, 5.41) is 7.05. The standard InChI is InChI=1S/C53H36N2O/c1-4-15-36(16-5-1)35-54-47-25-13-12-23-44(47)45-24-14-26-48(52(45)54)55(42-30-27-39(28-31-42)37-17-6-2-7-18-37)49-34-41(38-19-8-3-9-20-38)33-46-51-43-22-11-10-21-40(43)29-32-50(51)56-53(46)49/h1-34H,35H2. The van der Waals surface area contributed by atoms with Crippen molar-refractivity contribution in [2.45, 2.75) is 6.54 Å². The van der Waals surface area contributed by atoms with E-state index in [1.165, 1.54) is 49.3 Å². The van der Waals surface area contributed by atoms with Gasteiger partial charge in [0.1, 0.15) is 5.58 Å². The molecule has 0 atom stereocenters. The van der Waals surface area contributed by atoms with Crippen LogP contribution in [0, 0.1) is 0 Å². The molecule has 11 aromatic rings. The lowest BCUT2D eigenvalue weighted by molar-refractivity contribution is 0.669. The molecule has 9 aromatic carbocycles. The maximum atomic E-state index is 7.05. The lowest BCUT2D eigenvalue weighted by atomic mass is 9.98. The Kier molecular flexibility index (Phi) is 7.56. The zero-order valence-electron chi connectivity index (χ0n) is 30.6. The van der Waals surface area contributed by atoms with Crippen LogP contribution >= 0.6 is 0 Å². The second-order valence-electron chi connectivity index (χ2n) is 14.5. The van der Waals surface area contributed by atoms with E-state index in [-0.39, 0.29) is 0 Å². The number of hydrogen-bond acceptors (Lipinski definition) is 2. The number of fused-ring (bicyclic) bond motifs is 8. The van der Waals surface area contributed by atoms with Crippen molar-refractivity contribution in [1.82, 2.24) is 4.57 Å². The van der Waals surface area contributed by atoms with Gasteiger partial charge >= 0.3 is 0 Å². The molecule has 2 aromatic heterocycles. The molecule has 11 rings (SSSR count). The van der Waals surface area contributed by atoms with Gasteiger partial charge in [-0.25, -0.2) is 0 Å². The van der Waals surface area contributed by atoms with Crippen LogP contribution in [0.3, 0.4) is 0 Å². The molecule has 0 amide bonds. The lowest BCUT2D eigenvalue weighted by Gasteiger charge is -2.28. The van der Waals surface area contributed by atoms with E-state index >= 15 is 0 Å².